The maximum Gasteiger partial charge on any atom is 0.591 e. The van der Waals surface area contributed by atoms with Gasteiger partial charge in [0.05, 0.1) is 16.6 Å². The Morgan fingerprint density at radius 2 is 0.583 bits per heavy atom. The van der Waals surface area contributed by atoms with E-state index in [4.69, 9.17) is 37.2 Å². The van der Waals surface area contributed by atoms with E-state index in [0.717, 1.165) is 56.4 Å². The van der Waals surface area contributed by atoms with Crippen molar-refractivity contribution < 1.29 is 37.2 Å². The third kappa shape index (κ3) is 14.8. The van der Waals surface area contributed by atoms with Gasteiger partial charge in [-0.25, -0.2) is 0 Å². The molecule has 4 aliphatic rings. The fourth-order valence-corrected chi connectivity index (χ4v) is 5.98. The third-order valence-corrected chi connectivity index (χ3v) is 8.87. The van der Waals surface area contributed by atoms with Gasteiger partial charge in [0.1, 0.15) is 34.5 Å². The first-order valence-corrected chi connectivity index (χ1v) is 22.0. The van der Waals surface area contributed by atoms with Gasteiger partial charge in [-0.15, -0.1) is 0 Å². The highest BCUT2D eigenvalue weighted by atomic mass is 16.7. The first-order chi connectivity index (χ1) is 28.9. The molecule has 12 heteroatoms. The van der Waals surface area contributed by atoms with Crippen LogP contribution >= 0.6 is 0 Å². The highest BCUT2D eigenvalue weighted by Gasteiger charge is 2.48. The Morgan fingerprint density at radius 3 is 0.900 bits per heavy atom. The van der Waals surface area contributed by atoms with Crippen molar-refractivity contribution in [1.29, 1.82) is 0 Å². The number of benzene rings is 5. The molecule has 0 N–H and O–H groups in total. The van der Waals surface area contributed by atoms with E-state index in [-0.39, 0.29) is 39.7 Å². The molecule has 0 saturated carbocycles. The second kappa shape index (κ2) is 27.2. The molecular weight excluding hydrogens is 748 g/mol. The summed E-state index contributed by atoms with van der Waals surface area (Å²) in [6, 6.07) is 35.7. The molecule has 0 atom stereocenters. The molecule has 0 bridgehead atoms. The molecule has 60 heavy (non-hydrogen) atoms. The van der Waals surface area contributed by atoms with Gasteiger partial charge in [0.25, 0.3) is 0 Å². The summed E-state index contributed by atoms with van der Waals surface area (Å²) < 4.78 is 44.2. The Morgan fingerprint density at radius 1 is 0.317 bits per heavy atom. The molecule has 0 aliphatic carbocycles. The number of rotatable bonds is 0. The van der Waals surface area contributed by atoms with Gasteiger partial charge in [-0.3, -0.25) is 0 Å². The van der Waals surface area contributed by atoms with Crippen LogP contribution in [-0.4, -0.2) is 39.7 Å². The average Bonchev–Trinajstić information content (AvgIpc) is 3.68. The molecular formula is C48H72B4O8. The zero-order chi connectivity index (χ0) is 45.5. The summed E-state index contributed by atoms with van der Waals surface area (Å²) in [4.78, 5) is 0. The summed E-state index contributed by atoms with van der Waals surface area (Å²) >= 11 is 0. The Hall–Kier alpha value is -4.66. The molecule has 5 aromatic carbocycles. The largest absolute Gasteiger partial charge is 0.591 e. The van der Waals surface area contributed by atoms with E-state index >= 15 is 0 Å². The lowest BCUT2D eigenvalue weighted by molar-refractivity contribution is 0.00578. The topological polar surface area (TPSA) is 73.8 Å². The smallest absolute Gasteiger partial charge is 0.525 e. The van der Waals surface area contributed by atoms with Gasteiger partial charge in [-0.1, -0.05) is 142 Å². The molecule has 0 aromatic heterocycles. The predicted molar refractivity (Wildman–Crippen MR) is 260 cm³/mol. The normalized spacial score (nSPS) is 14.3. The minimum absolute atomic E-state index is 0.0648. The SMILES string of the molecule is CB1OC(C)(C)C(C)(C)O1.CB1Oc2cccc3cccc(c23)O1.CB1Oc2ccccc2-c2ccccc2O1.CB1Oc2ccccc2O1.CC.CC.CC.CC.CC. The predicted octanol–water partition coefficient (Wildman–Crippen LogP) is 14.4. The van der Waals surface area contributed by atoms with Crippen molar-refractivity contribution in [2.75, 3.05) is 0 Å². The van der Waals surface area contributed by atoms with Crippen LogP contribution in [0.25, 0.3) is 21.9 Å². The second-order valence-electron chi connectivity index (χ2n) is 13.3. The maximum absolute atomic E-state index is 5.72. The van der Waals surface area contributed by atoms with Gasteiger partial charge in [0, 0.05) is 11.1 Å². The van der Waals surface area contributed by atoms with Crippen molar-refractivity contribution in [2.24, 2.45) is 0 Å². The van der Waals surface area contributed by atoms with E-state index in [2.05, 4.69) is 52.0 Å². The Labute approximate surface area is 365 Å². The van der Waals surface area contributed by atoms with Gasteiger partial charge in [-0.05, 0) is 96.8 Å². The Kier molecular flexibility index (Phi) is 24.2. The summed E-state index contributed by atoms with van der Waals surface area (Å²) in [6.07, 6.45) is 0. The fraction of sp³-hybridized carbons (Fsp3) is 0.417. The number of para-hydroxylation sites is 4. The first kappa shape index (κ1) is 53.4. The summed E-state index contributed by atoms with van der Waals surface area (Å²) in [5.41, 5.74) is 1.85. The fourth-order valence-electron chi connectivity index (χ4n) is 5.98. The van der Waals surface area contributed by atoms with Crippen molar-refractivity contribution in [3.05, 3.63) is 109 Å². The zero-order valence-electron chi connectivity index (χ0n) is 40.0. The van der Waals surface area contributed by atoms with Crippen LogP contribution in [-0.2, 0) is 9.31 Å². The standard InChI is InChI=1S/C13H11BO2.C11H9BO2.C7H7BO2.C7H15BO2.5C2H6/c1-14-15-12-8-4-2-6-10(12)11-7-3-5-9-13(11)16-14;1-12-13-9-6-2-4-8-5-3-7-10(14-12)11(8)9;1-8-9-6-4-2-3-5-7(6)10-8;1-6(2)7(3,4)10-8(5)9-6;5*1-2/h2-9H,1H3;2-7H,1H3;2-5H,1H3;1-5H3;5*1-2H3. The number of fused-ring (bicyclic) bond motifs is 4. The van der Waals surface area contributed by atoms with E-state index in [1.807, 2.05) is 181 Å². The third-order valence-electron chi connectivity index (χ3n) is 8.87. The lowest BCUT2D eigenvalue weighted by Crippen LogP contribution is -2.41. The molecule has 4 aliphatic heterocycles. The summed E-state index contributed by atoms with van der Waals surface area (Å²) in [7, 11) is -0.650. The van der Waals surface area contributed by atoms with Crippen LogP contribution in [0.5, 0.6) is 34.5 Å². The monoisotopic (exact) mass is 821 g/mol. The van der Waals surface area contributed by atoms with Gasteiger partial charge in [0.15, 0.2) is 0 Å². The van der Waals surface area contributed by atoms with Crippen LogP contribution in [0.3, 0.4) is 0 Å². The summed E-state index contributed by atoms with van der Waals surface area (Å²) in [5, 5.41) is 2.24. The molecule has 4 heterocycles. The first-order valence-electron chi connectivity index (χ1n) is 22.0. The minimum Gasteiger partial charge on any atom is -0.525 e. The van der Waals surface area contributed by atoms with Gasteiger partial charge >= 0.3 is 28.5 Å². The van der Waals surface area contributed by atoms with Crippen LogP contribution in [0.15, 0.2) is 109 Å². The van der Waals surface area contributed by atoms with E-state index in [1.165, 1.54) is 0 Å². The van der Waals surface area contributed by atoms with E-state index < -0.39 is 0 Å². The van der Waals surface area contributed by atoms with Crippen LogP contribution < -0.4 is 27.9 Å². The van der Waals surface area contributed by atoms with Crippen molar-refractivity contribution in [3.8, 4) is 45.6 Å². The van der Waals surface area contributed by atoms with Crippen LogP contribution in [0.1, 0.15) is 96.9 Å². The zero-order valence-corrected chi connectivity index (χ0v) is 40.0. The van der Waals surface area contributed by atoms with Gasteiger partial charge in [-0.2, -0.15) is 0 Å². The molecule has 9 rings (SSSR count). The van der Waals surface area contributed by atoms with Crippen LogP contribution in [0.4, 0.5) is 0 Å². The van der Waals surface area contributed by atoms with E-state index in [1.54, 1.807) is 0 Å². The second-order valence-corrected chi connectivity index (χ2v) is 13.3. The highest BCUT2D eigenvalue weighted by molar-refractivity contribution is 6.46. The van der Waals surface area contributed by atoms with Crippen molar-refractivity contribution in [2.45, 2.75) is 135 Å². The molecule has 0 radical (unpaired) electrons. The van der Waals surface area contributed by atoms with Crippen molar-refractivity contribution in [1.82, 2.24) is 0 Å². The Bertz CT molecular complexity index is 1810. The Balaban J connectivity index is 0.000000379. The molecule has 1 saturated heterocycles. The quantitative estimate of drug-likeness (QED) is 0.143. The molecule has 324 valence electrons. The summed E-state index contributed by atoms with van der Waals surface area (Å²) in [6.45, 7) is 35.8. The molecule has 0 amide bonds. The number of hydrogen-bond acceptors (Lipinski definition) is 8. The average molecular weight is 820 g/mol. The highest BCUT2D eigenvalue weighted by Crippen LogP contribution is 2.40. The van der Waals surface area contributed by atoms with Crippen LogP contribution in [0.2, 0.25) is 27.3 Å². The maximum atomic E-state index is 5.72. The molecule has 5 aromatic rings. The molecule has 0 spiro atoms. The van der Waals surface area contributed by atoms with E-state index in [0.29, 0.717) is 0 Å². The molecule has 1 fully saturated rings. The lowest BCUT2D eigenvalue weighted by atomic mass is 9.90. The van der Waals surface area contributed by atoms with Gasteiger partial charge < -0.3 is 37.2 Å². The van der Waals surface area contributed by atoms with E-state index in [9.17, 15) is 0 Å². The van der Waals surface area contributed by atoms with Crippen molar-refractivity contribution >= 4 is 39.2 Å². The lowest BCUT2D eigenvalue weighted by Gasteiger charge is -2.32. The van der Waals surface area contributed by atoms with Crippen LogP contribution in [0, 0.1) is 0 Å². The van der Waals surface area contributed by atoms with Gasteiger partial charge in [0.2, 0.25) is 0 Å². The molecule has 8 nitrogen and oxygen atoms in total. The summed E-state index contributed by atoms with van der Waals surface area (Å²) in [5.74, 6) is 5.26. The van der Waals surface area contributed by atoms with Crippen molar-refractivity contribution in [3.63, 3.8) is 0 Å². The number of hydrogen-bond donors (Lipinski definition) is 0. The molecule has 0 unspecified atom stereocenters. The minimum atomic E-state index is -0.259.